The Morgan fingerprint density at radius 1 is 1.05 bits per heavy atom. The molecule has 2 aromatic rings. The average Bonchev–Trinajstić information content (AvgIpc) is 2.94. The van der Waals surface area contributed by atoms with E-state index >= 15 is 0 Å². The summed E-state index contributed by atoms with van der Waals surface area (Å²) in [5.74, 6) is -0.504. The van der Waals surface area contributed by atoms with Crippen molar-refractivity contribution >= 4 is 23.9 Å². The predicted octanol–water partition coefficient (Wildman–Crippen LogP) is 2.91. The van der Waals surface area contributed by atoms with Crippen molar-refractivity contribution < 1.29 is 38.2 Å². The molecule has 0 spiro atoms. The molecule has 1 aliphatic rings. The zero-order chi connectivity index (χ0) is 30.9. The molecule has 228 valence electrons. The number of amides is 2. The fraction of sp³-hybridized carbons (Fsp3) is 0.517. The molecule has 0 saturated carbocycles. The fourth-order valence-electron chi connectivity index (χ4n) is 4.19. The first kappa shape index (κ1) is 32.3. The number of benzene rings is 1. The van der Waals surface area contributed by atoms with Crippen molar-refractivity contribution in [2.24, 2.45) is 0 Å². The molecule has 1 aliphatic heterocycles. The molecule has 1 saturated heterocycles. The summed E-state index contributed by atoms with van der Waals surface area (Å²) in [6.07, 6.45) is -0.878. The van der Waals surface area contributed by atoms with Crippen molar-refractivity contribution in [3.63, 3.8) is 0 Å². The lowest BCUT2D eigenvalue weighted by molar-refractivity contribution is -0.158. The van der Waals surface area contributed by atoms with Crippen molar-refractivity contribution in [2.45, 2.75) is 59.1 Å². The monoisotopic (exact) mass is 585 g/mol. The number of nitrogens with zero attached hydrogens (tertiary/aromatic N) is 4. The number of esters is 1. The number of rotatable bonds is 10. The van der Waals surface area contributed by atoms with Crippen LogP contribution in [0.4, 0.5) is 4.79 Å². The first-order valence-corrected chi connectivity index (χ1v) is 13.8. The molecule has 1 N–H and O–H groups in total. The molecule has 13 heteroatoms. The smallest absolute Gasteiger partial charge is 0.497 e. The molecule has 1 aromatic heterocycles. The van der Waals surface area contributed by atoms with Crippen LogP contribution in [0, 0.1) is 6.92 Å². The van der Waals surface area contributed by atoms with Crippen LogP contribution in [-0.2, 0) is 23.9 Å². The van der Waals surface area contributed by atoms with Crippen molar-refractivity contribution in [2.75, 3.05) is 39.9 Å². The summed E-state index contributed by atoms with van der Waals surface area (Å²) in [5, 5.41) is 4.18. The highest BCUT2D eigenvalue weighted by molar-refractivity contribution is 5.96. The van der Waals surface area contributed by atoms with Gasteiger partial charge in [0.25, 0.3) is 5.91 Å². The van der Waals surface area contributed by atoms with E-state index in [0.29, 0.717) is 22.8 Å². The second-order valence-electron chi connectivity index (χ2n) is 10.6. The van der Waals surface area contributed by atoms with Gasteiger partial charge in [-0.05, 0) is 59.2 Å². The molecule has 2 amide bonds. The number of carbonyl (C=O) groups excluding carboxylic acids is 4. The molecule has 1 atom stereocenters. The van der Waals surface area contributed by atoms with Crippen molar-refractivity contribution in [1.82, 2.24) is 25.2 Å². The number of nitrogens with one attached hydrogen (secondary N) is 1. The van der Waals surface area contributed by atoms with Gasteiger partial charge >= 0.3 is 12.1 Å². The summed E-state index contributed by atoms with van der Waals surface area (Å²) in [4.78, 5) is 66.7. The molecule has 0 unspecified atom stereocenters. The lowest BCUT2D eigenvalue weighted by Gasteiger charge is -2.35. The molecule has 0 radical (unpaired) electrons. The number of methoxy groups -OCH3 is 1. The first-order chi connectivity index (χ1) is 19.9. The minimum absolute atomic E-state index is 0.0197. The van der Waals surface area contributed by atoms with Gasteiger partial charge in [0.15, 0.2) is 5.82 Å². The normalized spacial score (nSPS) is 14.5. The highest BCUT2D eigenvalue weighted by Gasteiger charge is 2.31. The maximum atomic E-state index is 13.6. The third kappa shape index (κ3) is 9.68. The van der Waals surface area contributed by atoms with Gasteiger partial charge in [-0.2, -0.15) is 0 Å². The van der Waals surface area contributed by atoms with Gasteiger partial charge in [-0.15, -0.1) is 5.06 Å². The van der Waals surface area contributed by atoms with Crippen LogP contribution in [0.2, 0.25) is 0 Å². The van der Waals surface area contributed by atoms with Crippen molar-refractivity contribution in [1.29, 1.82) is 0 Å². The van der Waals surface area contributed by atoms with E-state index in [1.54, 1.807) is 70.9 Å². The Morgan fingerprint density at radius 2 is 1.76 bits per heavy atom. The molecule has 2 heterocycles. The largest absolute Gasteiger partial charge is 0.527 e. The number of aryl methyl sites for hydroxylation is 1. The van der Waals surface area contributed by atoms with E-state index in [4.69, 9.17) is 19.0 Å². The summed E-state index contributed by atoms with van der Waals surface area (Å²) in [6, 6.07) is 7.64. The van der Waals surface area contributed by atoms with E-state index in [1.165, 1.54) is 11.1 Å². The number of hydroxylamine groups is 2. The zero-order valence-corrected chi connectivity index (χ0v) is 25.0. The number of carbonyl (C=O) groups is 4. The van der Waals surface area contributed by atoms with Gasteiger partial charge in [-0.25, -0.2) is 14.8 Å². The van der Waals surface area contributed by atoms with Gasteiger partial charge in [0, 0.05) is 30.8 Å². The standard InChI is InChI=1S/C29H39N5O8/c1-7-40-28(38)42-34-15-13-33(14-16-34)27(37)22(11-12-24(35)41-29(3,4)5)32-26(36)23-17-19(2)30-25(31-23)20-9-8-10-21(18-20)39-6/h8-10,17-18,22H,7,11-16H2,1-6H3,(H,32,36)/t22-/m0/s1. The van der Waals surface area contributed by atoms with Crippen LogP contribution in [0.15, 0.2) is 30.3 Å². The molecule has 1 aromatic carbocycles. The average molecular weight is 586 g/mol. The number of hydrogen-bond donors (Lipinski definition) is 1. The Morgan fingerprint density at radius 3 is 2.40 bits per heavy atom. The van der Waals surface area contributed by atoms with E-state index in [1.807, 2.05) is 0 Å². The number of piperazine rings is 1. The zero-order valence-electron chi connectivity index (χ0n) is 25.0. The van der Waals surface area contributed by atoms with Gasteiger partial charge in [0.2, 0.25) is 5.91 Å². The fourth-order valence-corrected chi connectivity index (χ4v) is 4.19. The SMILES string of the molecule is CCOC(=O)ON1CCN(C(=O)[C@H](CCC(=O)OC(C)(C)C)NC(=O)c2cc(C)nc(-c3cccc(OC)c3)n2)CC1. The van der Waals surface area contributed by atoms with Crippen LogP contribution in [0.5, 0.6) is 5.75 Å². The molecule has 0 bridgehead atoms. The molecular formula is C29H39N5O8. The summed E-state index contributed by atoms with van der Waals surface area (Å²) >= 11 is 0. The van der Waals surface area contributed by atoms with Crippen LogP contribution in [-0.4, -0.2) is 95.4 Å². The Bertz CT molecular complexity index is 1270. The van der Waals surface area contributed by atoms with Gasteiger partial charge in [-0.3, -0.25) is 14.4 Å². The molecule has 42 heavy (non-hydrogen) atoms. The molecular weight excluding hydrogens is 546 g/mol. The lowest BCUT2D eigenvalue weighted by Crippen LogP contribution is -2.55. The maximum Gasteiger partial charge on any atom is 0.527 e. The van der Waals surface area contributed by atoms with Crippen LogP contribution in [0.25, 0.3) is 11.4 Å². The van der Waals surface area contributed by atoms with Crippen LogP contribution >= 0.6 is 0 Å². The minimum Gasteiger partial charge on any atom is -0.497 e. The Labute approximate surface area is 245 Å². The van der Waals surface area contributed by atoms with Crippen LogP contribution < -0.4 is 10.1 Å². The molecule has 0 aliphatic carbocycles. The van der Waals surface area contributed by atoms with E-state index in [2.05, 4.69) is 15.3 Å². The number of hydrogen-bond acceptors (Lipinski definition) is 11. The van der Waals surface area contributed by atoms with Gasteiger partial charge in [-0.1, -0.05) is 12.1 Å². The summed E-state index contributed by atoms with van der Waals surface area (Å²) < 4.78 is 15.5. The van der Waals surface area contributed by atoms with Crippen molar-refractivity contribution in [3.05, 3.63) is 41.7 Å². The molecule has 13 nitrogen and oxygen atoms in total. The number of ether oxygens (including phenoxy) is 3. The topological polar surface area (TPSA) is 149 Å². The molecule has 1 fully saturated rings. The second-order valence-corrected chi connectivity index (χ2v) is 10.6. The van der Waals surface area contributed by atoms with Crippen molar-refractivity contribution in [3.8, 4) is 17.1 Å². The molecule has 3 rings (SSSR count). The maximum absolute atomic E-state index is 13.6. The summed E-state index contributed by atoms with van der Waals surface area (Å²) in [5.41, 5.74) is 0.599. The quantitative estimate of drug-likeness (QED) is 0.410. The lowest BCUT2D eigenvalue weighted by atomic mass is 10.1. The van der Waals surface area contributed by atoms with Gasteiger partial charge < -0.3 is 29.3 Å². The van der Waals surface area contributed by atoms with Crippen LogP contribution in [0.1, 0.15) is 56.7 Å². The third-order valence-electron chi connectivity index (χ3n) is 6.09. The Hall–Kier alpha value is -4.26. The highest BCUT2D eigenvalue weighted by atomic mass is 16.8. The predicted molar refractivity (Wildman–Crippen MR) is 151 cm³/mol. The second kappa shape index (κ2) is 14.6. The van der Waals surface area contributed by atoms with E-state index in [9.17, 15) is 19.2 Å². The van der Waals surface area contributed by atoms with E-state index in [-0.39, 0.29) is 57.2 Å². The van der Waals surface area contributed by atoms with Gasteiger partial charge in [0.1, 0.15) is 23.1 Å². The van der Waals surface area contributed by atoms with E-state index in [0.717, 1.165) is 0 Å². The highest BCUT2D eigenvalue weighted by Crippen LogP contribution is 2.22. The number of aromatic nitrogens is 2. The van der Waals surface area contributed by atoms with Crippen LogP contribution in [0.3, 0.4) is 0 Å². The van der Waals surface area contributed by atoms with Gasteiger partial charge in [0.05, 0.1) is 26.8 Å². The van der Waals surface area contributed by atoms with E-state index < -0.39 is 29.7 Å². The summed E-state index contributed by atoms with van der Waals surface area (Å²) in [7, 11) is 1.55. The first-order valence-electron chi connectivity index (χ1n) is 13.8. The third-order valence-corrected chi connectivity index (χ3v) is 6.09. The Kier molecular flexibility index (Phi) is 11.2. The minimum atomic E-state index is -1.03. The summed E-state index contributed by atoms with van der Waals surface area (Å²) in [6.45, 7) is 9.85. The Balaban J connectivity index is 1.76.